The average Bonchev–Trinajstić information content (AvgIpc) is 3.26. The van der Waals surface area contributed by atoms with E-state index in [1.807, 2.05) is 18.2 Å². The van der Waals surface area contributed by atoms with Crippen LogP contribution in [0.1, 0.15) is 16.1 Å². The van der Waals surface area contributed by atoms with Gasteiger partial charge in [0.25, 0.3) is 5.69 Å². The van der Waals surface area contributed by atoms with Crippen molar-refractivity contribution in [2.75, 3.05) is 0 Å². The summed E-state index contributed by atoms with van der Waals surface area (Å²) >= 11 is 0. The van der Waals surface area contributed by atoms with Crippen LogP contribution >= 0.6 is 0 Å². The summed E-state index contributed by atoms with van der Waals surface area (Å²) in [6.45, 7) is 0.188. The third-order valence-electron chi connectivity index (χ3n) is 9.17. The summed E-state index contributed by atoms with van der Waals surface area (Å²) in [5, 5.41) is 8.92. The van der Waals surface area contributed by atoms with E-state index in [9.17, 15) is 57.5 Å². The van der Waals surface area contributed by atoms with Gasteiger partial charge in [-0.2, -0.15) is 9.83 Å². The molecule has 6 aromatic rings. The predicted octanol–water partition coefficient (Wildman–Crippen LogP) is 7.57. The fourth-order valence-corrected chi connectivity index (χ4v) is 6.46. The lowest BCUT2D eigenvalue weighted by atomic mass is 9.12. The lowest BCUT2D eigenvalue weighted by molar-refractivity contribution is -0.685. The number of benzene rings is 5. The van der Waals surface area contributed by atoms with Crippen LogP contribution in [0.4, 0.5) is 87.8 Å². The van der Waals surface area contributed by atoms with Crippen LogP contribution in [0.15, 0.2) is 54.7 Å². The molecule has 0 spiro atoms. The second-order valence-corrected chi connectivity index (χ2v) is 12.4. The highest BCUT2D eigenvalue weighted by molar-refractivity contribution is 7.20. The summed E-state index contributed by atoms with van der Waals surface area (Å²) < 4.78 is 296. The molecular weight excluding hydrogens is 891 g/mol. The van der Waals surface area contributed by atoms with Crippen molar-refractivity contribution < 1.29 is 97.2 Å². The van der Waals surface area contributed by atoms with Gasteiger partial charge in [-0.3, -0.25) is 4.79 Å². The van der Waals surface area contributed by atoms with Crippen molar-refractivity contribution in [2.24, 2.45) is 0 Å². The summed E-state index contributed by atoms with van der Waals surface area (Å²) in [6, 6.07) is 16.4. The molecule has 0 amide bonds. The van der Waals surface area contributed by atoms with E-state index in [1.54, 1.807) is 41.1 Å². The number of nitrogens with zero attached hydrogens (tertiary/aromatic N) is 2. The van der Waals surface area contributed by atoms with E-state index in [2.05, 4.69) is 6.07 Å². The van der Waals surface area contributed by atoms with Crippen LogP contribution in [-0.2, 0) is 6.54 Å². The third kappa shape index (κ3) is 7.13. The molecule has 0 saturated heterocycles. The van der Waals surface area contributed by atoms with Crippen LogP contribution in [0.2, 0.25) is 0 Å². The number of hydrogen-bond donors (Lipinski definition) is 0. The number of ketones is 1. The minimum absolute atomic E-state index is 0.00157. The van der Waals surface area contributed by atoms with Crippen molar-refractivity contribution in [3.8, 4) is 6.07 Å². The summed E-state index contributed by atoms with van der Waals surface area (Å²) in [5.41, 5.74) is -13.2. The molecule has 0 atom stereocenters. The van der Waals surface area contributed by atoms with Crippen LogP contribution in [-0.4, -0.2) is 11.9 Å². The number of rotatable bonds is 7. The number of Topliss-reactive ketones (excluding diaryl/α,β-unsaturated/α-hetero) is 1. The standard InChI is InChI=1S/C24BF20.C14H11N2O/c26-5-1(6(27)14(35)21(42)13(5)34)25(2-7(28)15(36)22(43)16(37)8(2)29,3-9(30)17(38)23(44)18(39)10(3)31)4-11(32)19(40)24(45)20(41)12(4)33;15-10-13-8-4-5-9-16(13)11-14(17)12-6-2-1-3-7-12/h;1-9H,11H2/q-1;+1. The Morgan fingerprint density at radius 1 is 0.403 bits per heavy atom. The van der Waals surface area contributed by atoms with Gasteiger partial charge < -0.3 is 0 Å². The number of carbonyl (C=O) groups is 1. The van der Waals surface area contributed by atoms with E-state index >= 15 is 35.1 Å². The summed E-state index contributed by atoms with van der Waals surface area (Å²) in [4.78, 5) is 12.0. The van der Waals surface area contributed by atoms with Gasteiger partial charge >= 0.3 is 0 Å². The van der Waals surface area contributed by atoms with Crippen LogP contribution < -0.4 is 26.4 Å². The molecule has 3 nitrogen and oxygen atoms in total. The maximum atomic E-state index is 15.4. The zero-order chi connectivity index (χ0) is 46.4. The van der Waals surface area contributed by atoms with Gasteiger partial charge in [-0.15, -0.1) is 21.9 Å². The Morgan fingerprint density at radius 3 is 0.935 bits per heavy atom. The van der Waals surface area contributed by atoms with Gasteiger partial charge in [0.1, 0.15) is 52.7 Å². The number of halogens is 20. The lowest BCUT2D eigenvalue weighted by Crippen LogP contribution is -2.81. The van der Waals surface area contributed by atoms with Crippen molar-refractivity contribution in [1.29, 1.82) is 5.26 Å². The molecule has 0 saturated carbocycles. The van der Waals surface area contributed by atoms with Crippen molar-refractivity contribution in [2.45, 2.75) is 6.54 Å². The molecule has 0 bridgehead atoms. The topological polar surface area (TPSA) is 44.7 Å². The Bertz CT molecular complexity index is 2490. The first-order valence-electron chi connectivity index (χ1n) is 16.2. The number of nitriles is 1. The quantitative estimate of drug-likeness (QED) is 0.0415. The summed E-state index contributed by atoms with van der Waals surface area (Å²) in [6.07, 6.45) is -5.48. The highest BCUT2D eigenvalue weighted by Gasteiger charge is 2.52. The molecule has 0 N–H and O–H groups in total. The van der Waals surface area contributed by atoms with E-state index in [-0.39, 0.29) is 12.3 Å². The van der Waals surface area contributed by atoms with Crippen molar-refractivity contribution in [3.05, 3.63) is 182 Å². The van der Waals surface area contributed by atoms with E-state index in [0.29, 0.717) is 11.3 Å². The molecule has 0 aliphatic heterocycles. The third-order valence-corrected chi connectivity index (χ3v) is 9.17. The van der Waals surface area contributed by atoms with Gasteiger partial charge in [0.2, 0.25) is 12.3 Å². The van der Waals surface area contributed by atoms with Gasteiger partial charge in [-0.1, -0.05) is 30.3 Å². The van der Waals surface area contributed by atoms with Crippen molar-refractivity contribution in [3.63, 3.8) is 0 Å². The maximum Gasteiger partial charge on any atom is 0.283 e. The molecule has 24 heteroatoms. The highest BCUT2D eigenvalue weighted by atomic mass is 19.2. The Morgan fingerprint density at radius 2 is 0.661 bits per heavy atom. The van der Waals surface area contributed by atoms with Gasteiger partial charge in [0.05, 0.1) is 0 Å². The molecule has 0 radical (unpaired) electrons. The number of carbonyl (C=O) groups excluding carboxylic acids is 1. The first kappa shape index (κ1) is 46.1. The average molecular weight is 902 g/mol. The molecule has 5 aromatic carbocycles. The van der Waals surface area contributed by atoms with Crippen molar-refractivity contribution in [1.82, 2.24) is 0 Å². The van der Waals surface area contributed by atoms with E-state index < -0.39 is 144 Å². The zero-order valence-corrected chi connectivity index (χ0v) is 29.3. The van der Waals surface area contributed by atoms with E-state index in [1.165, 1.54) is 0 Å². The van der Waals surface area contributed by atoms with E-state index in [0.717, 1.165) is 0 Å². The first-order chi connectivity index (χ1) is 29.0. The van der Waals surface area contributed by atoms with Crippen LogP contribution in [0, 0.1) is 128 Å². The zero-order valence-electron chi connectivity index (χ0n) is 29.3. The summed E-state index contributed by atoms with van der Waals surface area (Å²) in [7, 11) is 0. The van der Waals surface area contributed by atoms with Crippen LogP contribution in [0.3, 0.4) is 0 Å². The highest BCUT2D eigenvalue weighted by Crippen LogP contribution is 2.30. The number of aromatic nitrogens is 1. The molecule has 6 rings (SSSR count). The minimum atomic E-state index is -7.22. The normalized spacial score (nSPS) is 11.3. The molecule has 0 aliphatic rings. The molecule has 62 heavy (non-hydrogen) atoms. The Labute approximate surface area is 331 Å². The van der Waals surface area contributed by atoms with Crippen LogP contribution in [0.25, 0.3) is 0 Å². The molecular formula is C38H11BF20N2O. The second-order valence-electron chi connectivity index (χ2n) is 12.4. The smallest absolute Gasteiger partial charge is 0.283 e. The lowest BCUT2D eigenvalue weighted by Gasteiger charge is -2.44. The molecule has 0 unspecified atom stereocenters. The fourth-order valence-electron chi connectivity index (χ4n) is 6.46. The molecule has 0 fully saturated rings. The predicted molar refractivity (Wildman–Crippen MR) is 171 cm³/mol. The van der Waals surface area contributed by atoms with Gasteiger partial charge in [0, 0.05) is 17.7 Å². The number of pyridine rings is 1. The van der Waals surface area contributed by atoms with Crippen molar-refractivity contribution >= 4 is 33.8 Å². The largest absolute Gasteiger partial charge is 0.287 e. The van der Waals surface area contributed by atoms with Gasteiger partial charge in [0.15, 0.2) is 82.1 Å². The second kappa shape index (κ2) is 17.2. The minimum Gasteiger partial charge on any atom is -0.287 e. The molecule has 322 valence electrons. The summed E-state index contributed by atoms with van der Waals surface area (Å²) in [5.74, 6) is -71.4. The Hall–Kier alpha value is -6.93. The molecule has 1 heterocycles. The van der Waals surface area contributed by atoms with E-state index in [4.69, 9.17) is 5.26 Å². The monoisotopic (exact) mass is 902 g/mol. The Kier molecular flexibility index (Phi) is 12.8. The van der Waals surface area contributed by atoms with Gasteiger partial charge in [-0.25, -0.2) is 87.8 Å². The maximum absolute atomic E-state index is 15.4. The molecule has 0 aliphatic carbocycles. The molecule has 1 aromatic heterocycles. The Balaban J connectivity index is 0.000000355. The first-order valence-corrected chi connectivity index (χ1v) is 16.2. The SMILES string of the molecule is Fc1c(F)c(F)c([B-](c2c(F)c(F)c(F)c(F)c2F)(c2c(F)c(F)c(F)c(F)c2F)c2c(F)c(F)c(F)c(F)c2F)c(F)c1F.N#Cc1cccc[n+]1CC(=O)c1ccccc1. The number of hydrogen-bond acceptors (Lipinski definition) is 2. The van der Waals surface area contributed by atoms with Gasteiger partial charge in [-0.05, 0) is 6.07 Å². The van der Waals surface area contributed by atoms with Crippen LogP contribution in [0.5, 0.6) is 0 Å². The fraction of sp³-hybridized carbons (Fsp3) is 0.0263.